The van der Waals surface area contributed by atoms with Crippen molar-refractivity contribution in [3.63, 3.8) is 0 Å². The Morgan fingerprint density at radius 1 is 1.32 bits per heavy atom. The van der Waals surface area contributed by atoms with E-state index in [1.807, 2.05) is 12.1 Å². The van der Waals surface area contributed by atoms with Gasteiger partial charge in [0.25, 0.3) is 11.1 Å². The number of nitrogens with zero attached hydrogens (tertiary/aromatic N) is 2. The topological polar surface area (TPSA) is 110 Å². The van der Waals surface area contributed by atoms with Gasteiger partial charge in [-0.25, -0.2) is 0 Å². The van der Waals surface area contributed by atoms with Gasteiger partial charge in [-0.15, -0.1) is 0 Å². The molecule has 1 aliphatic rings. The maximum atomic E-state index is 12.7. The van der Waals surface area contributed by atoms with Gasteiger partial charge in [0.2, 0.25) is 5.75 Å². The quantitative estimate of drug-likeness (QED) is 0.398. The van der Waals surface area contributed by atoms with Gasteiger partial charge in [-0.3, -0.25) is 24.6 Å². The molecule has 0 spiro atoms. The van der Waals surface area contributed by atoms with Crippen LogP contribution >= 0.6 is 27.7 Å². The van der Waals surface area contributed by atoms with Crippen LogP contribution in [-0.4, -0.2) is 33.2 Å². The van der Waals surface area contributed by atoms with Crippen LogP contribution < -0.4 is 4.74 Å². The van der Waals surface area contributed by atoms with Crippen molar-refractivity contribution in [1.29, 1.82) is 0 Å². The largest absolute Gasteiger partial charge is 0.500 e. The number of hydrogen-bond donors (Lipinski definition) is 1. The molecule has 0 aromatic heterocycles. The SMILES string of the molecule is COc1cc(/C=C2/SC(=O)N(Cc3ccccc3Br)C2=O)cc([N+](=O)[O-])c1O. The zero-order chi connectivity index (χ0) is 20.4. The number of carbonyl (C=O) groups is 2. The van der Waals surface area contributed by atoms with Gasteiger partial charge in [-0.1, -0.05) is 34.1 Å². The zero-order valence-electron chi connectivity index (χ0n) is 14.4. The molecule has 0 saturated carbocycles. The fraction of sp³-hybridized carbons (Fsp3) is 0.111. The molecule has 1 heterocycles. The Morgan fingerprint density at radius 3 is 2.68 bits per heavy atom. The van der Waals surface area contributed by atoms with Gasteiger partial charge in [0.05, 0.1) is 23.5 Å². The van der Waals surface area contributed by atoms with E-state index in [1.165, 1.54) is 19.3 Å². The Hall–Kier alpha value is -2.85. The highest BCUT2D eigenvalue weighted by Gasteiger charge is 2.35. The summed E-state index contributed by atoms with van der Waals surface area (Å²) in [4.78, 5) is 36.5. The summed E-state index contributed by atoms with van der Waals surface area (Å²) in [6.07, 6.45) is 1.36. The van der Waals surface area contributed by atoms with Gasteiger partial charge in [0.15, 0.2) is 5.75 Å². The smallest absolute Gasteiger partial charge is 0.315 e. The van der Waals surface area contributed by atoms with Crippen LogP contribution in [0.3, 0.4) is 0 Å². The second-order valence-electron chi connectivity index (χ2n) is 5.71. The monoisotopic (exact) mass is 464 g/mol. The molecule has 0 atom stereocenters. The molecule has 0 bridgehead atoms. The average Bonchev–Trinajstić information content (AvgIpc) is 2.91. The number of halogens is 1. The van der Waals surface area contributed by atoms with E-state index in [4.69, 9.17) is 4.74 Å². The van der Waals surface area contributed by atoms with E-state index in [0.717, 1.165) is 32.8 Å². The van der Waals surface area contributed by atoms with Crippen LogP contribution in [0.4, 0.5) is 10.5 Å². The molecular formula is C18H13BrN2O6S. The van der Waals surface area contributed by atoms with Crippen LogP contribution in [0.2, 0.25) is 0 Å². The molecule has 0 aliphatic carbocycles. The number of aromatic hydroxyl groups is 1. The highest BCUT2D eigenvalue weighted by Crippen LogP contribution is 2.39. The lowest BCUT2D eigenvalue weighted by atomic mass is 10.1. The van der Waals surface area contributed by atoms with Gasteiger partial charge in [0, 0.05) is 10.5 Å². The Bertz CT molecular complexity index is 1020. The molecule has 1 N–H and O–H groups in total. The van der Waals surface area contributed by atoms with E-state index < -0.39 is 27.5 Å². The fourth-order valence-corrected chi connectivity index (χ4v) is 3.83. The lowest BCUT2D eigenvalue weighted by Crippen LogP contribution is -2.27. The van der Waals surface area contributed by atoms with Crippen molar-refractivity contribution < 1.29 is 24.4 Å². The molecule has 1 aliphatic heterocycles. The predicted molar refractivity (Wildman–Crippen MR) is 107 cm³/mol. The molecule has 28 heavy (non-hydrogen) atoms. The number of amides is 2. The van der Waals surface area contributed by atoms with Crippen molar-refractivity contribution >= 4 is 50.6 Å². The van der Waals surface area contributed by atoms with Crippen molar-refractivity contribution in [2.24, 2.45) is 0 Å². The van der Waals surface area contributed by atoms with Crippen molar-refractivity contribution in [3.8, 4) is 11.5 Å². The summed E-state index contributed by atoms with van der Waals surface area (Å²) < 4.78 is 5.72. The first-order valence-corrected chi connectivity index (χ1v) is 9.47. The number of rotatable bonds is 5. The number of methoxy groups -OCH3 is 1. The van der Waals surface area contributed by atoms with Crippen LogP contribution in [0.5, 0.6) is 11.5 Å². The number of imide groups is 1. The second kappa shape index (κ2) is 8.03. The molecule has 0 radical (unpaired) electrons. The van der Waals surface area contributed by atoms with E-state index in [0.29, 0.717) is 0 Å². The van der Waals surface area contributed by atoms with E-state index in [1.54, 1.807) is 12.1 Å². The third-order valence-electron chi connectivity index (χ3n) is 3.95. The molecule has 144 valence electrons. The number of phenolic OH excluding ortho intramolecular Hbond substituents is 1. The van der Waals surface area contributed by atoms with E-state index in [9.17, 15) is 24.8 Å². The van der Waals surface area contributed by atoms with Crippen LogP contribution in [0.25, 0.3) is 6.08 Å². The minimum absolute atomic E-state index is 0.0997. The minimum atomic E-state index is -0.756. The first kappa shape index (κ1) is 19.9. The third-order valence-corrected chi connectivity index (χ3v) is 5.63. The third kappa shape index (κ3) is 3.87. The number of nitro groups is 1. The highest BCUT2D eigenvalue weighted by atomic mass is 79.9. The maximum Gasteiger partial charge on any atom is 0.315 e. The van der Waals surface area contributed by atoms with E-state index in [2.05, 4.69) is 15.9 Å². The number of ether oxygens (including phenoxy) is 1. The molecule has 2 aromatic rings. The van der Waals surface area contributed by atoms with Crippen LogP contribution in [0, 0.1) is 10.1 Å². The predicted octanol–water partition coefficient (Wildman–Crippen LogP) is 4.31. The number of carbonyl (C=O) groups excluding carboxylic acids is 2. The van der Waals surface area contributed by atoms with Gasteiger partial charge in [-0.2, -0.15) is 0 Å². The molecule has 2 amide bonds. The molecule has 10 heteroatoms. The lowest BCUT2D eigenvalue weighted by Gasteiger charge is -2.13. The van der Waals surface area contributed by atoms with E-state index >= 15 is 0 Å². The molecular weight excluding hydrogens is 452 g/mol. The zero-order valence-corrected chi connectivity index (χ0v) is 16.8. The Balaban J connectivity index is 1.93. The standard InChI is InChI=1S/C18H13BrN2O6S/c1-27-14-7-10(6-13(16(14)22)21(25)26)8-15-17(23)20(18(24)28-15)9-11-4-2-3-5-12(11)19/h2-8,22H,9H2,1H3/b15-8+. The fourth-order valence-electron chi connectivity index (χ4n) is 2.58. The summed E-state index contributed by atoms with van der Waals surface area (Å²) in [6.45, 7) is 0.0997. The number of phenols is 1. The highest BCUT2D eigenvalue weighted by molar-refractivity contribution is 9.10. The average molecular weight is 465 g/mol. The van der Waals surface area contributed by atoms with Gasteiger partial charge >= 0.3 is 5.69 Å². The first-order chi connectivity index (χ1) is 13.3. The summed E-state index contributed by atoms with van der Waals surface area (Å²) in [5, 5.41) is 20.5. The molecule has 0 unspecified atom stereocenters. The van der Waals surface area contributed by atoms with E-state index in [-0.39, 0.29) is 22.8 Å². The summed E-state index contributed by atoms with van der Waals surface area (Å²) in [6, 6.07) is 9.70. The molecule has 1 saturated heterocycles. The number of hydrogen-bond acceptors (Lipinski definition) is 7. The summed E-state index contributed by atoms with van der Waals surface area (Å²) in [7, 11) is 1.26. The Morgan fingerprint density at radius 2 is 2.04 bits per heavy atom. The van der Waals surface area contributed by atoms with Crippen molar-refractivity contribution in [1.82, 2.24) is 4.90 Å². The summed E-state index contributed by atoms with van der Waals surface area (Å²) >= 11 is 4.13. The maximum absolute atomic E-state index is 12.7. The minimum Gasteiger partial charge on any atom is -0.500 e. The molecule has 1 fully saturated rings. The number of nitro benzene ring substituents is 1. The van der Waals surface area contributed by atoms with Gasteiger partial charge in [0.1, 0.15) is 0 Å². The van der Waals surface area contributed by atoms with Crippen molar-refractivity contribution in [2.45, 2.75) is 6.54 Å². The lowest BCUT2D eigenvalue weighted by molar-refractivity contribution is -0.386. The number of benzene rings is 2. The van der Waals surface area contributed by atoms with Crippen molar-refractivity contribution in [2.75, 3.05) is 7.11 Å². The Labute approximate surface area is 172 Å². The summed E-state index contributed by atoms with van der Waals surface area (Å²) in [5.74, 6) is -1.21. The molecule has 2 aromatic carbocycles. The Kier molecular flexibility index (Phi) is 5.71. The molecule has 3 rings (SSSR count). The van der Waals surface area contributed by atoms with Crippen molar-refractivity contribution in [3.05, 3.63) is 67.0 Å². The second-order valence-corrected chi connectivity index (χ2v) is 7.55. The van der Waals surface area contributed by atoms with Crippen LogP contribution in [0.1, 0.15) is 11.1 Å². The van der Waals surface area contributed by atoms with Crippen LogP contribution in [0.15, 0.2) is 45.8 Å². The molecule has 8 nitrogen and oxygen atoms in total. The summed E-state index contributed by atoms with van der Waals surface area (Å²) in [5.41, 5.74) is 0.471. The van der Waals surface area contributed by atoms with Gasteiger partial charge < -0.3 is 9.84 Å². The first-order valence-electron chi connectivity index (χ1n) is 7.86. The van der Waals surface area contributed by atoms with Crippen LogP contribution in [-0.2, 0) is 11.3 Å². The number of thioether (sulfide) groups is 1. The normalized spacial score (nSPS) is 15.4. The van der Waals surface area contributed by atoms with Gasteiger partial charge in [-0.05, 0) is 41.1 Å².